The monoisotopic (exact) mass is 470 g/mol. The molecule has 0 unspecified atom stereocenters. The number of likely N-dealkylation sites (tertiary alicyclic amines) is 1. The van der Waals surface area contributed by atoms with E-state index in [2.05, 4.69) is 12.2 Å². The number of carbonyl (C=O) groups is 3. The quantitative estimate of drug-likeness (QED) is 0.489. The first-order valence-electron chi connectivity index (χ1n) is 12.0. The number of esters is 1. The van der Waals surface area contributed by atoms with Crippen LogP contribution in [0.4, 0.5) is 5.69 Å². The molecule has 2 atom stereocenters. The highest BCUT2D eigenvalue weighted by Crippen LogP contribution is 2.27. The molecule has 1 saturated heterocycles. The first-order chi connectivity index (χ1) is 17.0. The number of benzene rings is 3. The smallest absolute Gasteiger partial charge is 0.328 e. The van der Waals surface area contributed by atoms with E-state index in [4.69, 9.17) is 4.74 Å². The van der Waals surface area contributed by atoms with Crippen LogP contribution >= 0.6 is 0 Å². The van der Waals surface area contributed by atoms with Gasteiger partial charge in [0.15, 0.2) is 0 Å². The van der Waals surface area contributed by atoms with E-state index >= 15 is 0 Å². The molecule has 1 N–H and O–H groups in total. The molecule has 6 nitrogen and oxygen atoms in total. The molecule has 2 amide bonds. The van der Waals surface area contributed by atoms with Gasteiger partial charge >= 0.3 is 5.97 Å². The zero-order chi connectivity index (χ0) is 24.8. The van der Waals surface area contributed by atoms with Crippen molar-refractivity contribution in [2.75, 3.05) is 18.5 Å². The predicted octanol–water partition coefficient (Wildman–Crippen LogP) is 5.41. The molecule has 0 bridgehead atoms. The molecule has 35 heavy (non-hydrogen) atoms. The molecule has 0 saturated carbocycles. The highest BCUT2D eigenvalue weighted by Gasteiger charge is 2.37. The fraction of sp³-hybridized carbons (Fsp3) is 0.276. The first kappa shape index (κ1) is 24.2. The molecule has 1 heterocycles. The molecule has 0 aromatic heterocycles. The second kappa shape index (κ2) is 11.0. The summed E-state index contributed by atoms with van der Waals surface area (Å²) in [5.41, 5.74) is 3.31. The van der Waals surface area contributed by atoms with Crippen LogP contribution in [0.15, 0.2) is 78.9 Å². The van der Waals surface area contributed by atoms with Gasteiger partial charge in [-0.05, 0) is 61.1 Å². The van der Waals surface area contributed by atoms with E-state index in [1.165, 1.54) is 0 Å². The van der Waals surface area contributed by atoms with Gasteiger partial charge in [0, 0.05) is 12.2 Å². The van der Waals surface area contributed by atoms with Gasteiger partial charge in [-0.3, -0.25) is 9.59 Å². The lowest BCUT2D eigenvalue weighted by Gasteiger charge is -2.37. The number of amides is 2. The molecule has 4 rings (SSSR count). The Bertz CT molecular complexity index is 1190. The van der Waals surface area contributed by atoms with Gasteiger partial charge in [-0.25, -0.2) is 4.79 Å². The van der Waals surface area contributed by atoms with Crippen molar-refractivity contribution >= 4 is 23.5 Å². The molecule has 0 radical (unpaired) electrons. The van der Waals surface area contributed by atoms with Gasteiger partial charge in [0.1, 0.15) is 6.04 Å². The number of anilines is 1. The Hall–Kier alpha value is -3.93. The van der Waals surface area contributed by atoms with Crippen LogP contribution in [0.2, 0.25) is 0 Å². The van der Waals surface area contributed by atoms with Crippen molar-refractivity contribution in [3.63, 3.8) is 0 Å². The molecule has 180 valence electrons. The van der Waals surface area contributed by atoms with Crippen LogP contribution in [0.25, 0.3) is 11.1 Å². The standard InChI is InChI=1S/C29H30N2O4/c1-3-35-29(34)26-19-20(2)17-18-31(26)28(33)25-12-8-7-11-24(25)27(32)30-23-15-13-22(14-16-23)21-9-5-4-6-10-21/h4-16,20,26H,3,17-19H2,1-2H3,(H,30,32)/t20-,26-/m1/s1. The highest BCUT2D eigenvalue weighted by molar-refractivity contribution is 6.12. The number of hydrogen-bond donors (Lipinski definition) is 1. The summed E-state index contributed by atoms with van der Waals surface area (Å²) in [6.07, 6.45) is 1.34. The van der Waals surface area contributed by atoms with E-state index in [0.717, 1.165) is 17.5 Å². The van der Waals surface area contributed by atoms with Crippen molar-refractivity contribution in [1.29, 1.82) is 0 Å². The molecule has 6 heteroatoms. The summed E-state index contributed by atoms with van der Waals surface area (Å²) < 4.78 is 5.23. The lowest BCUT2D eigenvalue weighted by Crippen LogP contribution is -2.50. The number of nitrogens with zero attached hydrogens (tertiary/aromatic N) is 1. The Morgan fingerprint density at radius 3 is 2.20 bits per heavy atom. The molecule has 0 spiro atoms. The van der Waals surface area contributed by atoms with Crippen molar-refractivity contribution in [1.82, 2.24) is 4.90 Å². The van der Waals surface area contributed by atoms with Gasteiger partial charge in [0.05, 0.1) is 17.7 Å². The average molecular weight is 471 g/mol. The summed E-state index contributed by atoms with van der Waals surface area (Å²) in [6, 6.07) is 23.6. The normalized spacial score (nSPS) is 17.5. The highest BCUT2D eigenvalue weighted by atomic mass is 16.5. The van der Waals surface area contributed by atoms with E-state index in [1.54, 1.807) is 36.1 Å². The van der Waals surface area contributed by atoms with Gasteiger partial charge in [-0.1, -0.05) is 61.5 Å². The van der Waals surface area contributed by atoms with Crippen molar-refractivity contribution in [2.45, 2.75) is 32.7 Å². The average Bonchev–Trinajstić information content (AvgIpc) is 2.89. The maximum Gasteiger partial charge on any atom is 0.328 e. The Morgan fingerprint density at radius 1 is 0.886 bits per heavy atom. The third-order valence-electron chi connectivity index (χ3n) is 6.34. The van der Waals surface area contributed by atoms with Crippen molar-refractivity contribution in [3.05, 3.63) is 90.0 Å². The van der Waals surface area contributed by atoms with E-state index in [1.807, 2.05) is 54.6 Å². The molecule has 3 aromatic rings. The fourth-order valence-corrected chi connectivity index (χ4v) is 4.44. The lowest BCUT2D eigenvalue weighted by molar-refractivity contribution is -0.150. The summed E-state index contributed by atoms with van der Waals surface area (Å²) in [5.74, 6) is -0.793. The largest absolute Gasteiger partial charge is 0.464 e. The zero-order valence-electron chi connectivity index (χ0n) is 20.1. The van der Waals surface area contributed by atoms with Gasteiger partial charge in [0.25, 0.3) is 11.8 Å². The zero-order valence-corrected chi connectivity index (χ0v) is 20.1. The van der Waals surface area contributed by atoms with Gasteiger partial charge in [0.2, 0.25) is 0 Å². The minimum absolute atomic E-state index is 0.258. The number of ether oxygens (including phenoxy) is 1. The summed E-state index contributed by atoms with van der Waals surface area (Å²) in [5, 5.41) is 2.90. The van der Waals surface area contributed by atoms with Gasteiger partial charge < -0.3 is 15.0 Å². The minimum atomic E-state index is -0.646. The molecule has 1 fully saturated rings. The molecule has 1 aliphatic rings. The maximum absolute atomic E-state index is 13.5. The van der Waals surface area contributed by atoms with E-state index < -0.39 is 12.0 Å². The maximum atomic E-state index is 13.5. The van der Waals surface area contributed by atoms with Crippen LogP contribution < -0.4 is 5.32 Å². The lowest BCUT2D eigenvalue weighted by atomic mass is 9.91. The van der Waals surface area contributed by atoms with E-state index in [-0.39, 0.29) is 29.5 Å². The second-order valence-corrected chi connectivity index (χ2v) is 8.84. The summed E-state index contributed by atoms with van der Waals surface area (Å²) in [4.78, 5) is 40.9. The van der Waals surface area contributed by atoms with Crippen LogP contribution in [-0.2, 0) is 9.53 Å². The molecule has 0 aliphatic carbocycles. The topological polar surface area (TPSA) is 75.7 Å². The fourth-order valence-electron chi connectivity index (χ4n) is 4.44. The van der Waals surface area contributed by atoms with Crippen molar-refractivity contribution in [2.24, 2.45) is 5.92 Å². The Morgan fingerprint density at radius 2 is 1.51 bits per heavy atom. The van der Waals surface area contributed by atoms with Gasteiger partial charge in [-0.2, -0.15) is 0 Å². The first-order valence-corrected chi connectivity index (χ1v) is 12.0. The summed E-state index contributed by atoms with van der Waals surface area (Å²) in [7, 11) is 0. The third-order valence-corrected chi connectivity index (χ3v) is 6.34. The van der Waals surface area contributed by atoms with Crippen LogP contribution in [-0.4, -0.2) is 41.9 Å². The minimum Gasteiger partial charge on any atom is -0.464 e. The number of nitrogens with one attached hydrogen (secondary N) is 1. The molecular weight excluding hydrogens is 440 g/mol. The Balaban J connectivity index is 1.53. The number of piperidine rings is 1. The van der Waals surface area contributed by atoms with Crippen LogP contribution in [0.3, 0.4) is 0 Å². The number of hydrogen-bond acceptors (Lipinski definition) is 4. The van der Waals surface area contributed by atoms with E-state index in [0.29, 0.717) is 24.6 Å². The van der Waals surface area contributed by atoms with Crippen LogP contribution in [0.5, 0.6) is 0 Å². The number of carbonyl (C=O) groups excluding carboxylic acids is 3. The SMILES string of the molecule is CCOC(=O)[C@H]1C[C@H](C)CCN1C(=O)c1ccccc1C(=O)Nc1ccc(-c2ccccc2)cc1. The van der Waals surface area contributed by atoms with Crippen molar-refractivity contribution < 1.29 is 19.1 Å². The second-order valence-electron chi connectivity index (χ2n) is 8.84. The number of rotatable bonds is 6. The Kier molecular flexibility index (Phi) is 7.60. The summed E-state index contributed by atoms with van der Waals surface area (Å²) in [6.45, 7) is 4.52. The van der Waals surface area contributed by atoms with E-state index in [9.17, 15) is 14.4 Å². The van der Waals surface area contributed by atoms with Crippen molar-refractivity contribution in [3.8, 4) is 11.1 Å². The van der Waals surface area contributed by atoms with Crippen LogP contribution in [0.1, 0.15) is 47.4 Å². The van der Waals surface area contributed by atoms with Gasteiger partial charge in [-0.15, -0.1) is 0 Å². The Labute approximate surface area is 205 Å². The molecule has 1 aliphatic heterocycles. The van der Waals surface area contributed by atoms with Crippen LogP contribution in [0, 0.1) is 5.92 Å². The predicted molar refractivity (Wildman–Crippen MR) is 136 cm³/mol. The summed E-state index contributed by atoms with van der Waals surface area (Å²) >= 11 is 0. The molecular formula is C29H30N2O4. The molecule has 3 aromatic carbocycles. The third kappa shape index (κ3) is 5.60.